The minimum Gasteiger partial charge on any atom is -0.507 e. The largest absolute Gasteiger partial charge is 0.507 e. The monoisotopic (exact) mass is 1730 g/mol. The molecule has 11 aromatic rings. The Kier molecular flexibility index (Phi) is 31.4. The fourth-order valence-electron chi connectivity index (χ4n) is 6.78. The molecular formula is C63H51F6Ir3N12O4-5. The summed E-state index contributed by atoms with van der Waals surface area (Å²) in [4.78, 5) is 40.3. The smallest absolute Gasteiger partial charge is 0.429 e. The van der Waals surface area contributed by atoms with Gasteiger partial charge in [0.25, 0.3) is 0 Å². The van der Waals surface area contributed by atoms with Gasteiger partial charge < -0.3 is 34.4 Å². The number of benzene rings is 5. The summed E-state index contributed by atoms with van der Waals surface area (Å²) in [6.45, 7) is 5.48. The van der Waals surface area contributed by atoms with Crippen LogP contribution in [0.25, 0.3) is 56.5 Å². The molecule has 461 valence electrons. The Morgan fingerprint density at radius 2 is 0.920 bits per heavy atom. The minimum absolute atomic E-state index is 0. The van der Waals surface area contributed by atoms with E-state index < -0.39 is 12.0 Å². The third kappa shape index (κ3) is 23.1. The number of ether oxygens (including phenoxy) is 3. The van der Waals surface area contributed by atoms with Crippen molar-refractivity contribution in [2.45, 2.75) is 26.9 Å². The molecule has 0 saturated carbocycles. The molecule has 0 aliphatic carbocycles. The Hall–Kier alpha value is -8.82. The van der Waals surface area contributed by atoms with Crippen molar-refractivity contribution in [3.63, 3.8) is 0 Å². The number of phenols is 1. The number of hydrogen-bond acceptors (Lipinski definition) is 15. The molecule has 0 unspecified atom stereocenters. The van der Waals surface area contributed by atoms with Crippen LogP contribution in [0.2, 0.25) is 0 Å². The first-order valence-electron chi connectivity index (χ1n) is 25.1. The summed E-state index contributed by atoms with van der Waals surface area (Å²) in [5.74, 6) is -0.832. The van der Waals surface area contributed by atoms with E-state index in [2.05, 4.69) is 84.3 Å². The second-order valence-electron chi connectivity index (χ2n) is 17.0. The summed E-state index contributed by atoms with van der Waals surface area (Å²) in [6, 6.07) is 49.7. The van der Waals surface area contributed by atoms with Gasteiger partial charge in [0.05, 0.1) is 44.1 Å². The number of aromatic nitrogens is 11. The van der Waals surface area contributed by atoms with Crippen LogP contribution in [0.4, 0.5) is 26.3 Å². The maximum absolute atomic E-state index is 12.8. The van der Waals surface area contributed by atoms with E-state index in [4.69, 9.17) is 19.3 Å². The molecule has 6 aromatic heterocycles. The van der Waals surface area contributed by atoms with Crippen molar-refractivity contribution >= 4 is 6.21 Å². The van der Waals surface area contributed by atoms with Crippen LogP contribution in [0.1, 0.15) is 28.5 Å². The number of halogens is 6. The van der Waals surface area contributed by atoms with Crippen molar-refractivity contribution < 1.29 is 106 Å². The number of alkyl halides is 3. The molecule has 5 aromatic carbocycles. The van der Waals surface area contributed by atoms with Crippen molar-refractivity contribution in [2.75, 3.05) is 28.4 Å². The zero-order valence-electron chi connectivity index (χ0n) is 47.5. The number of pyridine rings is 2. The summed E-state index contributed by atoms with van der Waals surface area (Å²) < 4.78 is 90.0. The van der Waals surface area contributed by atoms with E-state index in [9.17, 15) is 26.3 Å². The maximum atomic E-state index is 12.8. The zero-order valence-corrected chi connectivity index (χ0v) is 54.7. The number of para-hydroxylation sites is 1. The minimum atomic E-state index is -4.57. The Balaban J connectivity index is 0.000000276. The number of aryl methyl sites for hydroxylation is 3. The van der Waals surface area contributed by atoms with Gasteiger partial charge in [0.1, 0.15) is 11.6 Å². The molecule has 0 spiro atoms. The summed E-state index contributed by atoms with van der Waals surface area (Å²) in [6.07, 6.45) is 5.18. The molecular weight excluding hydrogens is 1680 g/mol. The molecule has 0 aliphatic rings. The Morgan fingerprint density at radius 1 is 0.500 bits per heavy atom. The van der Waals surface area contributed by atoms with E-state index in [1.165, 1.54) is 70.0 Å². The van der Waals surface area contributed by atoms with Crippen LogP contribution in [0.3, 0.4) is 0 Å². The summed E-state index contributed by atoms with van der Waals surface area (Å²) >= 11 is 0. The van der Waals surface area contributed by atoms with E-state index in [0.29, 0.717) is 51.4 Å². The maximum Gasteiger partial charge on any atom is 0.429 e. The van der Waals surface area contributed by atoms with Gasteiger partial charge in [-0.1, -0.05) is 30.3 Å². The first-order valence-corrected chi connectivity index (χ1v) is 25.1. The molecule has 0 atom stereocenters. The number of methoxy groups -OCH3 is 3. The van der Waals surface area contributed by atoms with Gasteiger partial charge in [-0.15, -0.1) is 125 Å². The van der Waals surface area contributed by atoms with Gasteiger partial charge in [-0.2, -0.15) is 13.2 Å². The van der Waals surface area contributed by atoms with Gasteiger partial charge in [0, 0.05) is 145 Å². The topological polar surface area (TPSA) is 203 Å². The van der Waals surface area contributed by atoms with E-state index in [1.807, 2.05) is 75.4 Å². The third-order valence-corrected chi connectivity index (χ3v) is 10.7. The molecule has 0 saturated heterocycles. The van der Waals surface area contributed by atoms with Gasteiger partial charge >= 0.3 is 6.18 Å². The SMILES string of the molecule is CN=Cc1ccccc1O.COc1nc(C)cnc1-c1[c-]cc(F)cc1.COc1nc(C)cnc1-c1[c-]cc(F)cc1.COc1nc(C)cnc1-c1[c-]cc(F)cc1.FC(F)(F)c1n[n-]c(-c2ccccn2)n1.[Ir].[Ir].[Ir].[c-]1ccccc1-c1ccccn1. The quantitative estimate of drug-likeness (QED) is 0.0811. The summed E-state index contributed by atoms with van der Waals surface area (Å²) in [7, 11) is 6.25. The van der Waals surface area contributed by atoms with Gasteiger partial charge in [-0.25, -0.2) is 15.0 Å². The number of nitrogens with zero attached hydrogens (tertiary/aromatic N) is 12. The molecule has 88 heavy (non-hydrogen) atoms. The average molecular weight is 1730 g/mol. The van der Waals surface area contributed by atoms with Gasteiger partial charge in [-0.05, 0) is 62.6 Å². The van der Waals surface area contributed by atoms with Crippen LogP contribution in [0.5, 0.6) is 23.4 Å². The standard InChI is InChI=1S/3C12H10FN2O.C11H8N.C8H4F3N4.C8H9NO.3Ir/c3*1-8-7-14-11(12(15-8)16-2)9-3-5-10(13)6-4-9;1-2-6-10(7-3-1)11-8-4-5-9-12-11;9-8(10,11)7-13-6(14-15-7)5-3-1-2-4-12-5;1-9-6-7-4-2-3-5-8(7)10;;;/h3*3,5-7H,1-2H3;1-6,8-9H;1-4H;2-6,10H,1H3;;;/q5*-1;;;;. The van der Waals surface area contributed by atoms with E-state index in [0.717, 1.165) is 33.9 Å². The molecule has 16 nitrogen and oxygen atoms in total. The van der Waals surface area contributed by atoms with Crippen molar-refractivity contribution in [2.24, 2.45) is 4.99 Å². The second kappa shape index (κ2) is 37.7. The van der Waals surface area contributed by atoms with Crippen LogP contribution in [-0.2, 0) is 66.5 Å². The van der Waals surface area contributed by atoms with E-state index in [-0.39, 0.29) is 95.0 Å². The number of rotatable bonds is 9. The molecule has 3 radical (unpaired) electrons. The number of aliphatic imine (C=N–C) groups is 1. The number of hydrogen-bond donors (Lipinski definition) is 1. The molecule has 25 heteroatoms. The van der Waals surface area contributed by atoms with E-state index >= 15 is 0 Å². The Morgan fingerprint density at radius 3 is 1.26 bits per heavy atom. The number of phenolic OH excluding ortho intramolecular Hbond substituents is 1. The third-order valence-electron chi connectivity index (χ3n) is 10.7. The van der Waals surface area contributed by atoms with Gasteiger partial charge in [-0.3, -0.25) is 43.2 Å². The van der Waals surface area contributed by atoms with Gasteiger partial charge in [0.15, 0.2) is 17.6 Å². The average Bonchev–Trinajstić information content (AvgIpc) is 4.27. The number of aromatic hydroxyl groups is 1. The van der Waals surface area contributed by atoms with Crippen molar-refractivity contribution in [3.05, 3.63) is 241 Å². The fourth-order valence-corrected chi connectivity index (χ4v) is 6.78. The molecule has 0 bridgehead atoms. The predicted molar refractivity (Wildman–Crippen MR) is 306 cm³/mol. The van der Waals surface area contributed by atoms with Crippen LogP contribution < -0.4 is 19.3 Å². The molecule has 0 fully saturated rings. The fraction of sp³-hybridized carbons (Fsp3) is 0.127. The molecule has 0 amide bonds. The Bertz CT molecular complexity index is 3570. The van der Waals surface area contributed by atoms with Crippen LogP contribution >= 0.6 is 0 Å². The van der Waals surface area contributed by atoms with E-state index in [1.54, 1.807) is 80.5 Å². The molecule has 1 N–H and O–H groups in total. The second-order valence-corrected chi connectivity index (χ2v) is 17.0. The van der Waals surface area contributed by atoms with Crippen molar-refractivity contribution in [1.82, 2.24) is 55.1 Å². The Labute approximate surface area is 544 Å². The first kappa shape index (κ1) is 73.4. The van der Waals surface area contributed by atoms with Crippen molar-refractivity contribution in [3.8, 4) is 79.9 Å². The van der Waals surface area contributed by atoms with Crippen LogP contribution in [0.15, 0.2) is 176 Å². The molecule has 0 aliphatic heterocycles. The van der Waals surface area contributed by atoms with Crippen molar-refractivity contribution in [1.29, 1.82) is 0 Å². The molecule has 11 rings (SSSR count). The summed E-state index contributed by atoms with van der Waals surface area (Å²) in [5, 5.41) is 15.4. The normalized spacial score (nSPS) is 10.1. The van der Waals surface area contributed by atoms with Crippen LogP contribution in [-0.4, -0.2) is 89.7 Å². The first-order chi connectivity index (χ1) is 41.0. The van der Waals surface area contributed by atoms with Gasteiger partial charge in [0.2, 0.25) is 0 Å². The summed E-state index contributed by atoms with van der Waals surface area (Å²) in [5.41, 5.74) is 8.99. The molecule has 6 heterocycles. The zero-order chi connectivity index (χ0) is 61.1. The predicted octanol–water partition coefficient (Wildman–Crippen LogP) is 12.7. The van der Waals surface area contributed by atoms with Crippen LogP contribution in [0, 0.1) is 62.5 Å².